The molecule has 10 N–H and O–H groups in total. The van der Waals surface area contributed by atoms with E-state index < -0.39 is 49.0 Å². The molecule has 737 valence electrons. The van der Waals surface area contributed by atoms with Crippen LogP contribution in [0.2, 0.25) is 37.4 Å². The van der Waals surface area contributed by atoms with Crippen molar-refractivity contribution in [1.29, 1.82) is 0 Å². The summed E-state index contributed by atoms with van der Waals surface area (Å²) in [6.45, 7) is 12.9. The molecule has 8 aromatic heterocycles. The number of nitrogens with zero attached hydrogens (tertiary/aromatic N) is 8. The molecule has 1 unspecified atom stereocenters. The van der Waals surface area contributed by atoms with Crippen LogP contribution in [-0.2, 0) is 37.0 Å². The third-order valence-electron chi connectivity index (χ3n) is 23.8. The van der Waals surface area contributed by atoms with Crippen LogP contribution in [0.15, 0.2) is 171 Å². The number of hydrogen-bond acceptors (Lipinski definition) is 32. The van der Waals surface area contributed by atoms with Gasteiger partial charge in [-0.2, -0.15) is 8.42 Å². The number of hydrogen-bond donors (Lipinski definition) is 9. The molecule has 4 saturated carbocycles. The van der Waals surface area contributed by atoms with Gasteiger partial charge in [-0.05, 0) is 172 Å². The Kier molecular flexibility index (Phi) is 42.6. The Bertz CT molecular complexity index is 6340. The van der Waals surface area contributed by atoms with E-state index in [1.807, 2.05) is 0 Å². The SMILES string of the molecule is C.CCO.CC[C@H]1C[C@@H](Nc2ncncc2C(=O)c2cc(C(=O)c3cccc(Cl)c3)c(Cl)s2)C[C@@H]1C.CC[C@H]1C[C@@H](Nc2ncncc2C(=O)c2cc(C(O)c3cccc(Cl)c3)c(Cl)s2)C[C@@H]1C.C[C@H]1C[C@H](Nc2ncncc2C(=O)c2cc(C(=O)c3cccc(Cl)c3)c(Cl)s2)C[C@@H]1CO.NS(=O)(=O)OC[C@H]1C[C@@H](Nc2ncncc2C(=O)c2cc(C(=O)c3cccc(Cl)c3)c(Cl)s2)C[C@@H]1O.[O]=[Mn]=[O]. The number of rotatable bonds is 30. The summed E-state index contributed by atoms with van der Waals surface area (Å²) in [6, 6.07) is 33.0. The number of benzene rings is 4. The van der Waals surface area contributed by atoms with Crippen LogP contribution in [0.4, 0.5) is 23.3 Å². The Hall–Kier alpha value is -8.96. The molecule has 4 aromatic carbocycles. The zero-order chi connectivity index (χ0) is 99.9. The Balaban J connectivity index is 0.000000187. The molecule has 4 fully saturated rings. The van der Waals surface area contributed by atoms with Crippen molar-refractivity contribution in [1.82, 2.24) is 39.9 Å². The van der Waals surface area contributed by atoms with Gasteiger partial charge in [0.25, 0.3) is 0 Å². The van der Waals surface area contributed by atoms with Crippen molar-refractivity contribution < 1.29 is 89.1 Å². The summed E-state index contributed by atoms with van der Waals surface area (Å²) in [5.41, 5.74) is 4.20. The number of halogens is 8. The molecule has 0 spiro atoms. The van der Waals surface area contributed by atoms with Crippen LogP contribution in [0.25, 0.3) is 0 Å². The standard InChI is InChI=1S/C24H25Cl2N3O2S.C24H23Cl2N3O2S.C23H21Cl2N3O3S.C22H20Cl2N4O6S2.C2H6O.CH4.Mn.2O/c2*1-3-14-9-17(7-13(14)2)29-24-19(11-27-12-28-24)22(31)20-10-18(23(26)32-20)21(30)15-5-4-6-16(25)8-15;1-12-5-16(7-14(12)10-29)28-23-18(9-26-11-27-23)21(31)19-8-17(22(25)32-19)20(30)13-3-2-4-15(24)6-13;23-13-3-1-2-11(4-13)19(30)15-7-18(35-21(15)24)20(31)16-8-26-10-27-22(16)28-14-5-12(17(29)6-14)9-34-36(25,32)33;1-2-3;;;;/h4-6,8,10-14,17,21,30H,3,7,9H2,1-2H3,(H,27,28,29);4-6,8,10-14,17H,3,7,9H2,1-2H3,(H,27,28,29);2-4,6,8-9,11-12,14,16,29H,5,7,10H2,1H3,(H,26,27,28);1-4,7-8,10,12,14,17,29H,5-6,9H2,(H2,25,32,33)(H,26,27,28);3H,2H2,1H3;1H4;;;/t13-,14-,17-,21?;13-,14-,17-;12-,14+,16-;12-,14-,17+;;;;;/m0001...../s1. The molecular formula is C96H99Cl8MnN13O16S5. The second kappa shape index (κ2) is 52.9. The fourth-order valence-electron chi connectivity index (χ4n) is 16.9. The average molecular weight is 2190 g/mol. The summed E-state index contributed by atoms with van der Waals surface area (Å²) >= 11 is 52.2. The minimum atomic E-state index is -4.12. The van der Waals surface area contributed by atoms with Crippen molar-refractivity contribution in [2.45, 2.75) is 150 Å². The number of aliphatic hydroxyl groups excluding tert-OH is 4. The van der Waals surface area contributed by atoms with Gasteiger partial charge in [-0.3, -0.25) is 37.7 Å². The van der Waals surface area contributed by atoms with E-state index in [0.29, 0.717) is 137 Å². The molecule has 29 nitrogen and oxygen atoms in total. The first-order valence-corrected chi connectivity index (χ1v) is 52.1. The van der Waals surface area contributed by atoms with Crippen LogP contribution in [-0.4, -0.2) is 159 Å². The van der Waals surface area contributed by atoms with Gasteiger partial charge in [-0.25, -0.2) is 45.0 Å². The molecule has 0 saturated heterocycles. The predicted molar refractivity (Wildman–Crippen MR) is 541 cm³/mol. The van der Waals surface area contributed by atoms with Crippen LogP contribution in [0.3, 0.4) is 0 Å². The first-order chi connectivity index (χ1) is 65.9. The molecule has 8 heterocycles. The second-order valence-corrected chi connectivity index (χ2v) is 42.9. The summed E-state index contributed by atoms with van der Waals surface area (Å²) < 4.78 is 44.6. The van der Waals surface area contributed by atoms with Crippen molar-refractivity contribution in [3.05, 3.63) is 295 Å². The van der Waals surface area contributed by atoms with E-state index in [1.165, 1.54) is 68.3 Å². The van der Waals surface area contributed by atoms with Gasteiger partial charge in [0.2, 0.25) is 23.1 Å². The third-order valence-corrected chi connectivity index (χ3v) is 30.7. The van der Waals surface area contributed by atoms with E-state index in [4.69, 9.17) is 111 Å². The van der Waals surface area contributed by atoms with Crippen LogP contribution < -0.4 is 26.4 Å². The molecule has 0 amide bonds. The van der Waals surface area contributed by atoms with Crippen molar-refractivity contribution >= 4 is 212 Å². The predicted octanol–water partition coefficient (Wildman–Crippen LogP) is 21.5. The molecule has 12 aromatic rings. The van der Waals surface area contributed by atoms with Gasteiger partial charge in [-0.15, -0.1) is 45.3 Å². The number of nitrogens with two attached hydrogens (primary N) is 1. The van der Waals surface area contributed by atoms with Crippen LogP contribution in [0, 0.1) is 41.4 Å². The van der Waals surface area contributed by atoms with Gasteiger partial charge >= 0.3 is 32.8 Å². The van der Waals surface area contributed by atoms with Crippen LogP contribution in [0.1, 0.15) is 239 Å². The Labute approximate surface area is 865 Å². The molecule has 43 heteroatoms. The zero-order valence-electron chi connectivity index (χ0n) is 74.6. The van der Waals surface area contributed by atoms with E-state index in [0.717, 1.165) is 96.7 Å². The van der Waals surface area contributed by atoms with E-state index in [1.54, 1.807) is 110 Å². The van der Waals surface area contributed by atoms with Crippen LogP contribution in [0.5, 0.6) is 0 Å². The van der Waals surface area contributed by atoms with Gasteiger partial charge in [-0.1, -0.05) is 196 Å². The van der Waals surface area contributed by atoms with Gasteiger partial charge in [0.1, 0.15) is 67.7 Å². The summed E-state index contributed by atoms with van der Waals surface area (Å²) in [6.07, 6.45) is 18.4. The Morgan fingerprint density at radius 2 is 0.727 bits per heavy atom. The molecule has 0 bridgehead atoms. The van der Waals surface area contributed by atoms with Crippen molar-refractivity contribution in [2.24, 2.45) is 46.6 Å². The number of aliphatic hydroxyl groups is 4. The normalized spacial score (nSPS) is 19.6. The van der Waals surface area contributed by atoms with Crippen molar-refractivity contribution in [2.75, 3.05) is 41.1 Å². The van der Waals surface area contributed by atoms with Gasteiger partial charge < -0.3 is 41.7 Å². The zero-order valence-corrected chi connectivity index (χ0v) is 86.0. The van der Waals surface area contributed by atoms with E-state index in [-0.39, 0.29) is 144 Å². The number of anilines is 4. The number of ketones is 7. The molecule has 16 rings (SSSR count). The molecule has 139 heavy (non-hydrogen) atoms. The summed E-state index contributed by atoms with van der Waals surface area (Å²) in [5.74, 6) is 2.32. The third kappa shape index (κ3) is 30.1. The minimum absolute atomic E-state index is 0. The maximum absolute atomic E-state index is 13.3. The molecule has 4 aliphatic rings. The first-order valence-electron chi connectivity index (χ1n) is 43.4. The average Bonchev–Trinajstić information content (AvgIpc) is 1.67. The van der Waals surface area contributed by atoms with Gasteiger partial charge in [0.05, 0.1) is 75.5 Å². The second-order valence-electron chi connectivity index (χ2n) is 33.1. The fourth-order valence-corrected chi connectivity index (χ4v) is 23.0. The number of thiophene rings is 4. The molecule has 4 aliphatic carbocycles. The molecule has 0 aliphatic heterocycles. The quantitative estimate of drug-likeness (QED) is 0.0149. The number of carbonyl (C=O) groups is 7. The van der Waals surface area contributed by atoms with E-state index in [2.05, 4.69) is 99.9 Å². The Morgan fingerprint density at radius 3 is 1.03 bits per heavy atom. The van der Waals surface area contributed by atoms with Crippen LogP contribution >= 0.6 is 138 Å². The van der Waals surface area contributed by atoms with Crippen molar-refractivity contribution in [3.63, 3.8) is 0 Å². The number of aromatic nitrogens is 8. The molecular weight excluding hydrogens is 2090 g/mol. The molecule has 0 radical (unpaired) electrons. The van der Waals surface area contributed by atoms with E-state index >= 15 is 0 Å². The monoisotopic (exact) mass is 2180 g/mol. The number of carbonyl (C=O) groups excluding carboxylic acids is 7. The maximum atomic E-state index is 13.3. The molecule has 13 atom stereocenters. The summed E-state index contributed by atoms with van der Waals surface area (Å²) in [4.78, 5) is 126. The number of nitrogens with one attached hydrogen (secondary N) is 4. The first kappa shape index (κ1) is 112. The summed E-state index contributed by atoms with van der Waals surface area (Å²) in [5, 5.41) is 58.2. The van der Waals surface area contributed by atoms with Crippen molar-refractivity contribution in [3.8, 4) is 0 Å². The van der Waals surface area contributed by atoms with E-state index in [9.17, 15) is 57.3 Å². The topological polar surface area (TPSA) is 455 Å². The Morgan fingerprint density at radius 1 is 0.432 bits per heavy atom. The fraction of sp³-hybridized carbons (Fsp3) is 0.344. The van der Waals surface area contributed by atoms with Gasteiger partial charge in [0, 0.05) is 110 Å². The van der Waals surface area contributed by atoms with Gasteiger partial charge in [0.15, 0.2) is 17.3 Å². The summed E-state index contributed by atoms with van der Waals surface area (Å²) in [7, 11) is -4.12.